The Bertz CT molecular complexity index is 1260. The van der Waals surface area contributed by atoms with Crippen LogP contribution in [0.5, 0.6) is 0 Å². The maximum atomic E-state index is 13.6. The molecule has 32 heavy (non-hydrogen) atoms. The zero-order valence-corrected chi connectivity index (χ0v) is 20.1. The maximum Gasteiger partial charge on any atom is 0.350 e. The molecule has 10 heteroatoms. The van der Waals surface area contributed by atoms with Gasteiger partial charge in [0.1, 0.15) is 4.88 Å². The van der Waals surface area contributed by atoms with Gasteiger partial charge in [-0.3, -0.25) is 9.69 Å². The maximum absolute atomic E-state index is 13.6. The van der Waals surface area contributed by atoms with Crippen molar-refractivity contribution < 1.29 is 22.7 Å². The summed E-state index contributed by atoms with van der Waals surface area (Å²) in [5.41, 5.74) is 1.28. The largest absolute Gasteiger partial charge is 0.462 e. The normalized spacial score (nSPS) is 11.2. The summed E-state index contributed by atoms with van der Waals surface area (Å²) < 4.78 is 29.1. The lowest BCUT2D eigenvalue weighted by Gasteiger charge is -2.21. The first kappa shape index (κ1) is 23.9. The van der Waals surface area contributed by atoms with E-state index in [1.165, 1.54) is 23.1 Å². The molecule has 0 N–H and O–H groups in total. The van der Waals surface area contributed by atoms with Crippen LogP contribution in [0.2, 0.25) is 5.02 Å². The van der Waals surface area contributed by atoms with E-state index in [1.807, 2.05) is 30.3 Å². The van der Waals surface area contributed by atoms with Crippen molar-refractivity contribution in [3.05, 3.63) is 75.3 Å². The first-order chi connectivity index (χ1) is 15.1. The molecule has 0 saturated carbocycles. The summed E-state index contributed by atoms with van der Waals surface area (Å²) in [5.74, 6) is -1.05. The van der Waals surface area contributed by atoms with Crippen LogP contribution in [0.25, 0.3) is 0 Å². The van der Waals surface area contributed by atoms with E-state index in [4.69, 9.17) is 16.3 Å². The summed E-state index contributed by atoms with van der Waals surface area (Å²) in [6, 6.07) is 13.2. The Hall–Kier alpha value is -2.75. The molecule has 168 valence electrons. The molecule has 2 aromatic carbocycles. The number of anilines is 1. The van der Waals surface area contributed by atoms with Crippen molar-refractivity contribution in [2.45, 2.75) is 25.3 Å². The Balaban J connectivity index is 2.09. The van der Waals surface area contributed by atoms with Crippen molar-refractivity contribution in [2.24, 2.45) is 0 Å². The minimum absolute atomic E-state index is 0.0209. The van der Waals surface area contributed by atoms with Crippen molar-refractivity contribution in [2.75, 3.05) is 17.8 Å². The highest BCUT2D eigenvalue weighted by Crippen LogP contribution is 2.31. The second kappa shape index (κ2) is 9.81. The molecule has 1 heterocycles. The number of sulfone groups is 1. The Labute approximate surface area is 195 Å². The average Bonchev–Trinajstić information content (AvgIpc) is 3.13. The van der Waals surface area contributed by atoms with E-state index in [2.05, 4.69) is 4.98 Å². The monoisotopic (exact) mass is 492 g/mol. The lowest BCUT2D eigenvalue weighted by Crippen LogP contribution is -2.30. The van der Waals surface area contributed by atoms with Crippen LogP contribution in [0.1, 0.15) is 38.2 Å². The van der Waals surface area contributed by atoms with Gasteiger partial charge >= 0.3 is 5.97 Å². The Kier molecular flexibility index (Phi) is 7.33. The number of rotatable bonds is 7. The molecular formula is C22H21ClN2O5S2. The van der Waals surface area contributed by atoms with Crippen LogP contribution in [0.4, 0.5) is 5.13 Å². The Morgan fingerprint density at radius 3 is 2.47 bits per heavy atom. The molecule has 0 aliphatic rings. The molecule has 1 aromatic heterocycles. The van der Waals surface area contributed by atoms with Gasteiger partial charge in [0, 0.05) is 6.26 Å². The fourth-order valence-corrected chi connectivity index (χ4v) is 4.72. The van der Waals surface area contributed by atoms with Crippen LogP contribution in [-0.4, -0.2) is 38.1 Å². The first-order valence-corrected chi connectivity index (χ1v) is 12.7. The van der Waals surface area contributed by atoms with E-state index in [0.29, 0.717) is 10.6 Å². The number of thiazole rings is 1. The van der Waals surface area contributed by atoms with Gasteiger partial charge in [0.2, 0.25) is 0 Å². The molecular weight excluding hydrogens is 472 g/mol. The molecule has 0 spiro atoms. The number of ether oxygens (including phenoxy) is 1. The first-order valence-electron chi connectivity index (χ1n) is 9.61. The van der Waals surface area contributed by atoms with Gasteiger partial charge in [-0.15, -0.1) is 0 Å². The third-order valence-corrected chi connectivity index (χ3v) is 7.10. The number of halogens is 1. The molecule has 0 fully saturated rings. The lowest BCUT2D eigenvalue weighted by molar-refractivity contribution is 0.0531. The van der Waals surface area contributed by atoms with E-state index in [1.54, 1.807) is 13.8 Å². The summed E-state index contributed by atoms with van der Waals surface area (Å²) in [6.45, 7) is 3.73. The molecule has 0 aliphatic heterocycles. The van der Waals surface area contributed by atoms with Gasteiger partial charge in [-0.05, 0) is 37.6 Å². The zero-order chi connectivity index (χ0) is 23.5. The van der Waals surface area contributed by atoms with E-state index in [9.17, 15) is 18.0 Å². The van der Waals surface area contributed by atoms with Crippen LogP contribution in [0, 0.1) is 6.92 Å². The standard InChI is InChI=1S/C22H21ClN2O5S2/c1-4-30-21(27)19-14(2)24-22(31-19)25(13-15-8-6-5-7-9-15)20(26)17-12-16(32(3,28)29)10-11-18(17)23/h5-12H,4,13H2,1-3H3. The highest BCUT2D eigenvalue weighted by Gasteiger charge is 2.27. The van der Waals surface area contributed by atoms with Crippen LogP contribution in [0.15, 0.2) is 53.4 Å². The van der Waals surface area contributed by atoms with Crippen molar-refractivity contribution in [3.63, 3.8) is 0 Å². The summed E-state index contributed by atoms with van der Waals surface area (Å²) >= 11 is 7.30. The summed E-state index contributed by atoms with van der Waals surface area (Å²) in [5, 5.41) is 0.389. The van der Waals surface area contributed by atoms with Crippen molar-refractivity contribution in [3.8, 4) is 0 Å². The lowest BCUT2D eigenvalue weighted by atomic mass is 10.1. The molecule has 0 bridgehead atoms. The van der Waals surface area contributed by atoms with Crippen molar-refractivity contribution in [1.29, 1.82) is 0 Å². The minimum Gasteiger partial charge on any atom is -0.462 e. The average molecular weight is 493 g/mol. The van der Waals surface area contributed by atoms with Gasteiger partial charge in [-0.2, -0.15) is 0 Å². The molecule has 0 atom stereocenters. The van der Waals surface area contributed by atoms with E-state index in [0.717, 1.165) is 23.2 Å². The fraction of sp³-hybridized carbons (Fsp3) is 0.227. The van der Waals surface area contributed by atoms with Crippen LogP contribution < -0.4 is 4.90 Å². The van der Waals surface area contributed by atoms with E-state index in [-0.39, 0.29) is 33.8 Å². The summed E-state index contributed by atoms with van der Waals surface area (Å²) in [4.78, 5) is 31.9. The Morgan fingerprint density at radius 1 is 1.16 bits per heavy atom. The molecule has 1 amide bonds. The zero-order valence-electron chi connectivity index (χ0n) is 17.7. The number of nitrogens with zero attached hydrogens (tertiary/aromatic N) is 2. The van der Waals surface area contributed by atoms with Gasteiger partial charge in [0.05, 0.1) is 34.3 Å². The smallest absolute Gasteiger partial charge is 0.350 e. The predicted molar refractivity (Wildman–Crippen MR) is 124 cm³/mol. The van der Waals surface area contributed by atoms with Crippen LogP contribution in [0.3, 0.4) is 0 Å². The highest BCUT2D eigenvalue weighted by molar-refractivity contribution is 7.90. The second-order valence-electron chi connectivity index (χ2n) is 6.92. The quantitative estimate of drug-likeness (QED) is 0.450. The SMILES string of the molecule is CCOC(=O)c1sc(N(Cc2ccccc2)C(=O)c2cc(S(C)(=O)=O)ccc2Cl)nc1C. The minimum atomic E-state index is -3.55. The molecule has 0 unspecified atom stereocenters. The predicted octanol–water partition coefficient (Wildman–Crippen LogP) is 4.53. The third-order valence-electron chi connectivity index (χ3n) is 4.50. The van der Waals surface area contributed by atoms with Crippen LogP contribution >= 0.6 is 22.9 Å². The fourth-order valence-electron chi connectivity index (χ4n) is 2.92. The third kappa shape index (κ3) is 5.35. The number of benzene rings is 2. The van der Waals surface area contributed by atoms with E-state index < -0.39 is 21.7 Å². The van der Waals surface area contributed by atoms with Gasteiger partial charge < -0.3 is 4.74 Å². The number of hydrogen-bond acceptors (Lipinski definition) is 7. The summed E-state index contributed by atoms with van der Waals surface area (Å²) in [6.07, 6.45) is 1.06. The molecule has 3 rings (SSSR count). The molecule has 7 nitrogen and oxygen atoms in total. The highest BCUT2D eigenvalue weighted by atomic mass is 35.5. The molecule has 0 radical (unpaired) electrons. The van der Waals surface area contributed by atoms with Crippen molar-refractivity contribution >= 4 is 49.8 Å². The number of carbonyl (C=O) groups is 2. The number of aromatic nitrogens is 1. The number of carbonyl (C=O) groups excluding carboxylic acids is 2. The second-order valence-corrected chi connectivity index (χ2v) is 10.3. The number of esters is 1. The van der Waals surface area contributed by atoms with Gasteiger partial charge in [-0.25, -0.2) is 18.2 Å². The molecule has 0 saturated heterocycles. The number of aryl methyl sites for hydroxylation is 1. The Morgan fingerprint density at radius 2 is 1.84 bits per heavy atom. The molecule has 3 aromatic rings. The van der Waals surface area contributed by atoms with Gasteiger partial charge in [0.25, 0.3) is 5.91 Å². The van der Waals surface area contributed by atoms with Crippen molar-refractivity contribution in [1.82, 2.24) is 4.98 Å². The van der Waals surface area contributed by atoms with Gasteiger partial charge in [-0.1, -0.05) is 53.3 Å². The number of amides is 1. The topological polar surface area (TPSA) is 93.6 Å². The van der Waals surface area contributed by atoms with Crippen LogP contribution in [-0.2, 0) is 21.1 Å². The molecule has 0 aliphatic carbocycles. The van der Waals surface area contributed by atoms with Gasteiger partial charge in [0.15, 0.2) is 15.0 Å². The number of hydrogen-bond donors (Lipinski definition) is 0. The summed E-state index contributed by atoms with van der Waals surface area (Å²) in [7, 11) is -3.55. The van der Waals surface area contributed by atoms with E-state index >= 15 is 0 Å².